The minimum absolute atomic E-state index is 0.107. The van der Waals surface area contributed by atoms with E-state index in [0.717, 1.165) is 11.3 Å². The third-order valence-corrected chi connectivity index (χ3v) is 4.85. The third-order valence-electron chi connectivity index (χ3n) is 4.85. The van der Waals surface area contributed by atoms with E-state index in [1.807, 2.05) is 33.2 Å². The van der Waals surface area contributed by atoms with Crippen molar-refractivity contribution in [1.82, 2.24) is 5.32 Å². The van der Waals surface area contributed by atoms with Gasteiger partial charge in [0.25, 0.3) is 0 Å². The van der Waals surface area contributed by atoms with Crippen LogP contribution < -0.4 is 10.2 Å². The highest BCUT2D eigenvalue weighted by molar-refractivity contribution is 5.50. The fourth-order valence-corrected chi connectivity index (χ4v) is 3.30. The molecule has 1 fully saturated rings. The van der Waals surface area contributed by atoms with Crippen LogP contribution in [-0.4, -0.2) is 20.1 Å². The largest absolute Gasteiger partial charge is 0.369 e. The Hall–Kier alpha value is -1.09. The molecule has 0 aromatic heterocycles. The van der Waals surface area contributed by atoms with E-state index in [0.29, 0.717) is 12.0 Å². The summed E-state index contributed by atoms with van der Waals surface area (Å²) in [6.07, 6.45) is 5.00. The molecule has 112 valence electrons. The maximum absolute atomic E-state index is 14.4. The molecule has 0 radical (unpaired) electrons. The zero-order chi connectivity index (χ0) is 14.7. The Morgan fingerprint density at radius 3 is 2.60 bits per heavy atom. The van der Waals surface area contributed by atoms with Crippen LogP contribution in [0.4, 0.5) is 10.1 Å². The second kappa shape index (κ2) is 6.57. The van der Waals surface area contributed by atoms with Gasteiger partial charge in [0.2, 0.25) is 0 Å². The van der Waals surface area contributed by atoms with Gasteiger partial charge in [0.05, 0.1) is 5.69 Å². The number of anilines is 1. The number of benzene rings is 1. The minimum atomic E-state index is -0.107. The van der Waals surface area contributed by atoms with Crippen LogP contribution in [0.2, 0.25) is 0 Å². The van der Waals surface area contributed by atoms with Gasteiger partial charge in [-0.25, -0.2) is 4.39 Å². The van der Waals surface area contributed by atoms with Crippen LogP contribution in [0.5, 0.6) is 0 Å². The van der Waals surface area contributed by atoms with Crippen molar-refractivity contribution in [1.29, 1.82) is 0 Å². The summed E-state index contributed by atoms with van der Waals surface area (Å²) in [6, 6.07) is 6.27. The molecule has 2 nitrogen and oxygen atoms in total. The van der Waals surface area contributed by atoms with Gasteiger partial charge in [-0.05, 0) is 50.4 Å². The van der Waals surface area contributed by atoms with Gasteiger partial charge in [0.1, 0.15) is 5.82 Å². The highest BCUT2D eigenvalue weighted by Crippen LogP contribution is 2.32. The summed E-state index contributed by atoms with van der Waals surface area (Å²) in [5, 5.41) is 3.15. The van der Waals surface area contributed by atoms with Crippen molar-refractivity contribution >= 4 is 5.69 Å². The molecular formula is C17H27FN2. The third kappa shape index (κ3) is 3.14. The van der Waals surface area contributed by atoms with Gasteiger partial charge in [-0.2, -0.15) is 0 Å². The van der Waals surface area contributed by atoms with E-state index in [9.17, 15) is 4.39 Å². The van der Waals surface area contributed by atoms with Crippen molar-refractivity contribution in [3.8, 4) is 0 Å². The lowest BCUT2D eigenvalue weighted by Crippen LogP contribution is -2.39. The highest BCUT2D eigenvalue weighted by Gasteiger charge is 2.26. The molecule has 3 heteroatoms. The van der Waals surface area contributed by atoms with E-state index in [4.69, 9.17) is 0 Å². The zero-order valence-electron chi connectivity index (χ0n) is 13.1. The Labute approximate surface area is 122 Å². The van der Waals surface area contributed by atoms with E-state index in [2.05, 4.69) is 17.1 Å². The maximum Gasteiger partial charge on any atom is 0.146 e. The van der Waals surface area contributed by atoms with E-state index in [1.54, 1.807) is 6.07 Å². The monoisotopic (exact) mass is 278 g/mol. The molecule has 1 aromatic carbocycles. The average Bonchev–Trinajstić information content (AvgIpc) is 2.46. The van der Waals surface area contributed by atoms with Crippen molar-refractivity contribution in [3.05, 3.63) is 29.6 Å². The molecule has 0 bridgehead atoms. The molecule has 1 aliphatic rings. The molecule has 1 N–H and O–H groups in total. The fourth-order valence-electron chi connectivity index (χ4n) is 3.30. The second-order valence-corrected chi connectivity index (χ2v) is 6.16. The molecule has 0 heterocycles. The molecule has 20 heavy (non-hydrogen) atoms. The molecule has 3 atom stereocenters. The Morgan fingerprint density at radius 2 is 2.00 bits per heavy atom. The second-order valence-electron chi connectivity index (χ2n) is 6.16. The van der Waals surface area contributed by atoms with Crippen LogP contribution in [0.3, 0.4) is 0 Å². The molecule has 2 rings (SSSR count). The van der Waals surface area contributed by atoms with Gasteiger partial charge in [-0.3, -0.25) is 0 Å². The summed E-state index contributed by atoms with van der Waals surface area (Å²) in [4.78, 5) is 2.15. The van der Waals surface area contributed by atoms with Crippen LogP contribution in [0.1, 0.15) is 51.1 Å². The Kier molecular flexibility index (Phi) is 5.03. The first kappa shape index (κ1) is 15.3. The smallest absolute Gasteiger partial charge is 0.146 e. The Morgan fingerprint density at radius 1 is 1.30 bits per heavy atom. The molecule has 0 aliphatic heterocycles. The summed E-state index contributed by atoms with van der Waals surface area (Å²) >= 11 is 0. The summed E-state index contributed by atoms with van der Waals surface area (Å²) in [6.45, 7) is 4.33. The van der Waals surface area contributed by atoms with Crippen LogP contribution in [0.25, 0.3) is 0 Å². The van der Waals surface area contributed by atoms with E-state index >= 15 is 0 Å². The molecule has 0 saturated heterocycles. The lowest BCUT2D eigenvalue weighted by atomic mass is 9.85. The number of nitrogens with one attached hydrogen (secondary N) is 1. The lowest BCUT2D eigenvalue weighted by Gasteiger charge is -2.38. The number of halogens is 1. The fraction of sp³-hybridized carbons (Fsp3) is 0.647. The van der Waals surface area contributed by atoms with Crippen LogP contribution in [0.15, 0.2) is 18.2 Å². The van der Waals surface area contributed by atoms with Crippen LogP contribution in [-0.2, 0) is 0 Å². The maximum atomic E-state index is 14.4. The van der Waals surface area contributed by atoms with Gasteiger partial charge in [0.15, 0.2) is 0 Å². The zero-order valence-corrected chi connectivity index (χ0v) is 13.1. The lowest BCUT2D eigenvalue weighted by molar-refractivity contribution is 0.320. The quantitative estimate of drug-likeness (QED) is 0.891. The Balaban J connectivity index is 2.19. The normalized spacial score (nSPS) is 24.4. The summed E-state index contributed by atoms with van der Waals surface area (Å²) in [5.41, 5.74) is 1.73. The number of rotatable bonds is 4. The van der Waals surface area contributed by atoms with Gasteiger partial charge in [0, 0.05) is 19.1 Å². The first-order valence-electron chi connectivity index (χ1n) is 7.74. The SMILES string of the molecule is CNC(C)c1ccc(N(C)C2CCCCC2C)c(F)c1. The summed E-state index contributed by atoms with van der Waals surface area (Å²) in [7, 11) is 3.93. The van der Waals surface area contributed by atoms with Gasteiger partial charge >= 0.3 is 0 Å². The average molecular weight is 278 g/mol. The van der Waals surface area contributed by atoms with Crippen molar-refractivity contribution < 1.29 is 4.39 Å². The molecule has 0 amide bonds. The van der Waals surface area contributed by atoms with Crippen molar-refractivity contribution in [2.45, 2.75) is 51.6 Å². The molecule has 1 aromatic rings. The predicted molar refractivity (Wildman–Crippen MR) is 83.7 cm³/mol. The van der Waals surface area contributed by atoms with Crippen molar-refractivity contribution in [2.24, 2.45) is 5.92 Å². The number of hydrogen-bond donors (Lipinski definition) is 1. The van der Waals surface area contributed by atoms with Crippen LogP contribution >= 0.6 is 0 Å². The summed E-state index contributed by atoms with van der Waals surface area (Å²) in [5.74, 6) is 0.536. The number of nitrogens with zero attached hydrogens (tertiary/aromatic N) is 1. The van der Waals surface area contributed by atoms with Crippen LogP contribution in [0, 0.1) is 11.7 Å². The topological polar surface area (TPSA) is 15.3 Å². The van der Waals surface area contributed by atoms with E-state index < -0.39 is 0 Å². The molecule has 3 unspecified atom stereocenters. The summed E-state index contributed by atoms with van der Waals surface area (Å²) < 4.78 is 14.4. The van der Waals surface area contributed by atoms with Gasteiger partial charge in [-0.15, -0.1) is 0 Å². The molecule has 1 aliphatic carbocycles. The van der Waals surface area contributed by atoms with E-state index in [1.165, 1.54) is 25.7 Å². The number of hydrogen-bond acceptors (Lipinski definition) is 2. The van der Waals surface area contributed by atoms with Gasteiger partial charge in [-0.1, -0.05) is 25.8 Å². The standard InChI is InChI=1S/C17H27FN2/c1-12-7-5-6-8-16(12)20(4)17-10-9-14(11-15(17)18)13(2)19-3/h9-13,16,19H,5-8H2,1-4H3. The molecular weight excluding hydrogens is 251 g/mol. The highest BCUT2D eigenvalue weighted by atomic mass is 19.1. The first-order valence-corrected chi connectivity index (χ1v) is 7.74. The molecule has 0 spiro atoms. The van der Waals surface area contributed by atoms with Crippen molar-refractivity contribution in [3.63, 3.8) is 0 Å². The minimum Gasteiger partial charge on any atom is -0.369 e. The first-order chi connectivity index (χ1) is 9.54. The van der Waals surface area contributed by atoms with Crippen molar-refractivity contribution in [2.75, 3.05) is 19.0 Å². The van der Waals surface area contributed by atoms with Gasteiger partial charge < -0.3 is 10.2 Å². The molecule has 1 saturated carbocycles. The predicted octanol–water partition coefficient (Wildman–Crippen LogP) is 4.12. The van der Waals surface area contributed by atoms with E-state index in [-0.39, 0.29) is 11.9 Å². The Bertz CT molecular complexity index is 447.